The molecule has 0 saturated carbocycles. The van der Waals surface area contributed by atoms with Crippen LogP contribution in [-0.4, -0.2) is 23.4 Å². The molecule has 1 aromatic heterocycles. The smallest absolute Gasteiger partial charge is 0.181 e. The van der Waals surface area contributed by atoms with Crippen molar-refractivity contribution in [1.82, 2.24) is 10.3 Å². The summed E-state index contributed by atoms with van der Waals surface area (Å²) in [6.45, 7) is 3.01. The number of carbonyl (C=O) groups excluding carboxylic acids is 1. The molecule has 3 rings (SSSR count). The van der Waals surface area contributed by atoms with E-state index in [4.69, 9.17) is 0 Å². The van der Waals surface area contributed by atoms with Gasteiger partial charge in [0.05, 0.1) is 6.04 Å². The molecule has 1 unspecified atom stereocenters. The van der Waals surface area contributed by atoms with E-state index in [0.29, 0.717) is 0 Å². The van der Waals surface area contributed by atoms with E-state index in [2.05, 4.69) is 29.4 Å². The zero-order valence-electron chi connectivity index (χ0n) is 10.6. The molecule has 1 saturated heterocycles. The minimum Gasteiger partial charge on any atom is -0.360 e. The van der Waals surface area contributed by atoms with Gasteiger partial charge in [0.15, 0.2) is 5.78 Å². The topological polar surface area (TPSA) is 44.9 Å². The molecule has 3 heteroatoms. The lowest BCUT2D eigenvalue weighted by molar-refractivity contribution is 0.0929. The molecule has 1 aromatic carbocycles. The van der Waals surface area contributed by atoms with Crippen molar-refractivity contribution in [3.05, 3.63) is 35.5 Å². The number of nitrogens with one attached hydrogen (secondary N) is 2. The summed E-state index contributed by atoms with van der Waals surface area (Å²) in [5.74, 6) is 0.228. The van der Waals surface area contributed by atoms with E-state index < -0.39 is 0 Å². The number of fused-ring (bicyclic) bond motifs is 1. The molecule has 1 aliphatic rings. The Morgan fingerprint density at radius 2 is 2.22 bits per heavy atom. The highest BCUT2D eigenvalue weighted by atomic mass is 16.1. The first-order chi connectivity index (χ1) is 8.75. The normalized spacial score (nSPS) is 20.2. The zero-order chi connectivity index (χ0) is 12.5. The molecule has 0 spiro atoms. The second-order valence-electron chi connectivity index (χ2n) is 5.12. The summed E-state index contributed by atoms with van der Waals surface area (Å²) in [7, 11) is 0. The lowest BCUT2D eigenvalue weighted by atomic mass is 9.96. The van der Waals surface area contributed by atoms with Crippen LogP contribution in [0, 0.1) is 6.92 Å². The predicted octanol–water partition coefficient (Wildman–Crippen LogP) is 2.80. The van der Waals surface area contributed by atoms with Crippen molar-refractivity contribution in [3.8, 4) is 0 Å². The van der Waals surface area contributed by atoms with Gasteiger partial charge in [-0.1, -0.05) is 18.1 Å². The average molecular weight is 242 g/mol. The monoisotopic (exact) mass is 242 g/mol. The van der Waals surface area contributed by atoms with Crippen molar-refractivity contribution >= 4 is 16.7 Å². The molecule has 94 valence electrons. The third kappa shape index (κ3) is 1.95. The van der Waals surface area contributed by atoms with Crippen LogP contribution in [-0.2, 0) is 0 Å². The predicted molar refractivity (Wildman–Crippen MR) is 73.0 cm³/mol. The molecule has 3 nitrogen and oxygen atoms in total. The van der Waals surface area contributed by atoms with Crippen LogP contribution in [0.2, 0.25) is 0 Å². The van der Waals surface area contributed by atoms with Gasteiger partial charge in [0.1, 0.15) is 0 Å². The van der Waals surface area contributed by atoms with Crippen LogP contribution in [0.4, 0.5) is 0 Å². The Balaban J connectivity index is 1.98. The van der Waals surface area contributed by atoms with Crippen LogP contribution in [0.15, 0.2) is 24.4 Å². The quantitative estimate of drug-likeness (QED) is 0.795. The highest BCUT2D eigenvalue weighted by molar-refractivity contribution is 6.10. The summed E-state index contributed by atoms with van der Waals surface area (Å²) in [5.41, 5.74) is 3.06. The summed E-state index contributed by atoms with van der Waals surface area (Å²) < 4.78 is 0. The van der Waals surface area contributed by atoms with Gasteiger partial charge in [-0.15, -0.1) is 0 Å². The molecule has 18 heavy (non-hydrogen) atoms. The Kier molecular flexibility index (Phi) is 2.92. The molecule has 0 radical (unpaired) electrons. The fourth-order valence-corrected chi connectivity index (χ4v) is 2.70. The number of hydrogen-bond acceptors (Lipinski definition) is 2. The number of aromatic nitrogens is 1. The molecule has 2 aromatic rings. The first-order valence-corrected chi connectivity index (χ1v) is 6.61. The molecule has 2 heterocycles. The summed E-state index contributed by atoms with van der Waals surface area (Å²) >= 11 is 0. The van der Waals surface area contributed by atoms with Crippen LogP contribution in [0.5, 0.6) is 0 Å². The van der Waals surface area contributed by atoms with E-state index in [9.17, 15) is 4.79 Å². The van der Waals surface area contributed by atoms with Crippen molar-refractivity contribution < 1.29 is 4.79 Å². The SMILES string of the molecule is Cc1ccc2[nH]cc(C(=O)C3CCCCN3)c2c1. The first-order valence-electron chi connectivity index (χ1n) is 6.61. The molecule has 0 aliphatic carbocycles. The summed E-state index contributed by atoms with van der Waals surface area (Å²) in [5, 5.41) is 4.37. The molecule has 1 fully saturated rings. The highest BCUT2D eigenvalue weighted by Gasteiger charge is 2.23. The van der Waals surface area contributed by atoms with E-state index in [1.807, 2.05) is 12.3 Å². The number of piperidine rings is 1. The van der Waals surface area contributed by atoms with E-state index in [1.54, 1.807) is 0 Å². The molecule has 0 bridgehead atoms. The van der Waals surface area contributed by atoms with Gasteiger partial charge in [0.25, 0.3) is 0 Å². The van der Waals surface area contributed by atoms with Gasteiger partial charge in [0, 0.05) is 22.7 Å². The number of benzene rings is 1. The lowest BCUT2D eigenvalue weighted by Crippen LogP contribution is -2.40. The van der Waals surface area contributed by atoms with Crippen molar-refractivity contribution in [1.29, 1.82) is 0 Å². The van der Waals surface area contributed by atoms with Gasteiger partial charge in [-0.2, -0.15) is 0 Å². The highest BCUT2D eigenvalue weighted by Crippen LogP contribution is 2.22. The minimum absolute atomic E-state index is 0.00161. The number of aryl methyl sites for hydroxylation is 1. The van der Waals surface area contributed by atoms with Gasteiger partial charge < -0.3 is 10.3 Å². The van der Waals surface area contributed by atoms with Crippen molar-refractivity contribution in [2.75, 3.05) is 6.54 Å². The number of ketones is 1. The largest absolute Gasteiger partial charge is 0.360 e. The maximum absolute atomic E-state index is 12.5. The van der Waals surface area contributed by atoms with Crippen LogP contribution < -0.4 is 5.32 Å². The van der Waals surface area contributed by atoms with Crippen LogP contribution in [0.3, 0.4) is 0 Å². The Bertz CT molecular complexity index is 579. The maximum atomic E-state index is 12.5. The van der Waals surface area contributed by atoms with Crippen LogP contribution in [0.25, 0.3) is 10.9 Å². The molecular formula is C15H18N2O. The van der Waals surface area contributed by atoms with Gasteiger partial charge in [0.2, 0.25) is 0 Å². The third-order valence-corrected chi connectivity index (χ3v) is 3.73. The van der Waals surface area contributed by atoms with Gasteiger partial charge in [-0.05, 0) is 38.4 Å². The first kappa shape index (κ1) is 11.5. The number of H-pyrrole nitrogens is 1. The van der Waals surface area contributed by atoms with Gasteiger partial charge >= 0.3 is 0 Å². The number of hydrogen-bond donors (Lipinski definition) is 2. The third-order valence-electron chi connectivity index (χ3n) is 3.73. The Morgan fingerprint density at radius 3 is 3.00 bits per heavy atom. The van der Waals surface area contributed by atoms with Crippen LogP contribution >= 0.6 is 0 Å². The molecule has 1 atom stereocenters. The van der Waals surface area contributed by atoms with E-state index in [0.717, 1.165) is 35.9 Å². The van der Waals surface area contributed by atoms with Crippen molar-refractivity contribution in [2.24, 2.45) is 0 Å². The Morgan fingerprint density at radius 1 is 1.33 bits per heavy atom. The fourth-order valence-electron chi connectivity index (χ4n) is 2.70. The average Bonchev–Trinajstić information content (AvgIpc) is 2.82. The van der Waals surface area contributed by atoms with E-state index >= 15 is 0 Å². The Labute approximate surface area is 107 Å². The zero-order valence-corrected chi connectivity index (χ0v) is 10.6. The molecular weight excluding hydrogens is 224 g/mol. The number of rotatable bonds is 2. The van der Waals surface area contributed by atoms with Crippen molar-refractivity contribution in [3.63, 3.8) is 0 Å². The number of Topliss-reactive ketones (excluding diaryl/α,β-unsaturated/α-hetero) is 1. The summed E-state index contributed by atoms with van der Waals surface area (Å²) in [4.78, 5) is 15.7. The van der Waals surface area contributed by atoms with E-state index in [1.165, 1.54) is 12.0 Å². The fraction of sp³-hybridized carbons (Fsp3) is 0.400. The maximum Gasteiger partial charge on any atom is 0.181 e. The Hall–Kier alpha value is -1.61. The molecule has 0 amide bonds. The molecule has 1 aliphatic heterocycles. The minimum atomic E-state index is -0.00161. The number of aromatic amines is 1. The van der Waals surface area contributed by atoms with Crippen molar-refractivity contribution in [2.45, 2.75) is 32.2 Å². The summed E-state index contributed by atoms with van der Waals surface area (Å²) in [6.07, 6.45) is 5.13. The van der Waals surface area contributed by atoms with E-state index in [-0.39, 0.29) is 11.8 Å². The van der Waals surface area contributed by atoms with Gasteiger partial charge in [-0.3, -0.25) is 4.79 Å². The standard InChI is InChI=1S/C15H18N2O/c1-10-5-6-13-11(8-10)12(9-17-13)15(18)14-4-2-3-7-16-14/h5-6,8-9,14,16-17H,2-4,7H2,1H3. The lowest BCUT2D eigenvalue weighted by Gasteiger charge is -2.21. The second-order valence-corrected chi connectivity index (χ2v) is 5.12. The summed E-state index contributed by atoms with van der Waals surface area (Å²) in [6, 6.07) is 6.18. The van der Waals surface area contributed by atoms with Crippen LogP contribution in [0.1, 0.15) is 35.2 Å². The number of carbonyl (C=O) groups is 1. The second kappa shape index (κ2) is 4.58. The molecule has 2 N–H and O–H groups in total. The van der Waals surface area contributed by atoms with Gasteiger partial charge in [-0.25, -0.2) is 0 Å².